The van der Waals surface area contributed by atoms with Gasteiger partial charge in [-0.3, -0.25) is 4.79 Å². The molecule has 0 saturated carbocycles. The van der Waals surface area contributed by atoms with Gasteiger partial charge in [-0.15, -0.1) is 0 Å². The lowest BCUT2D eigenvalue weighted by molar-refractivity contribution is -0.137. The molecule has 0 radical (unpaired) electrons. The molecule has 2 rings (SSSR count). The van der Waals surface area contributed by atoms with Crippen LogP contribution in [0.2, 0.25) is 0 Å². The van der Waals surface area contributed by atoms with Crippen LogP contribution in [0.15, 0.2) is 30.3 Å². The predicted octanol–water partition coefficient (Wildman–Crippen LogP) is 2.67. The number of carboxylic acids is 1. The van der Waals surface area contributed by atoms with Gasteiger partial charge in [-0.05, 0) is 38.2 Å². The molecule has 0 aromatic heterocycles. The number of likely N-dealkylation sites (tertiary alicyclic amines) is 1. The molecule has 25 heavy (non-hydrogen) atoms. The van der Waals surface area contributed by atoms with Crippen molar-refractivity contribution >= 4 is 12.0 Å². The Morgan fingerprint density at radius 3 is 2.68 bits per heavy atom. The van der Waals surface area contributed by atoms with Crippen LogP contribution in [0, 0.1) is 0 Å². The Morgan fingerprint density at radius 2 is 2.08 bits per heavy atom. The van der Waals surface area contributed by atoms with Gasteiger partial charge in [-0.1, -0.05) is 30.3 Å². The van der Waals surface area contributed by atoms with E-state index >= 15 is 0 Å². The zero-order valence-electron chi connectivity index (χ0n) is 15.0. The molecule has 3 unspecified atom stereocenters. The van der Waals surface area contributed by atoms with Gasteiger partial charge in [0.05, 0.1) is 6.10 Å². The highest BCUT2D eigenvalue weighted by molar-refractivity contribution is 5.75. The number of carbonyl (C=O) groups excluding carboxylic acids is 1. The second-order valence-corrected chi connectivity index (χ2v) is 6.69. The number of ether oxygens (including phenoxy) is 1. The van der Waals surface area contributed by atoms with Crippen molar-refractivity contribution in [3.8, 4) is 0 Å². The molecule has 1 aliphatic rings. The van der Waals surface area contributed by atoms with Gasteiger partial charge in [0.15, 0.2) is 0 Å². The number of piperidine rings is 1. The van der Waals surface area contributed by atoms with E-state index in [-0.39, 0.29) is 30.6 Å². The number of nitrogens with zero attached hydrogens (tertiary/aromatic N) is 1. The number of hydrogen-bond acceptors (Lipinski definition) is 3. The van der Waals surface area contributed by atoms with Gasteiger partial charge >= 0.3 is 12.0 Å². The molecule has 0 spiro atoms. The quantitative estimate of drug-likeness (QED) is 0.794. The second-order valence-electron chi connectivity index (χ2n) is 6.69. The molecule has 1 fully saturated rings. The summed E-state index contributed by atoms with van der Waals surface area (Å²) in [6.07, 6.45) is 2.93. The second kappa shape index (κ2) is 9.42. The van der Waals surface area contributed by atoms with E-state index in [4.69, 9.17) is 9.84 Å². The van der Waals surface area contributed by atoms with Crippen LogP contribution in [0.4, 0.5) is 4.79 Å². The van der Waals surface area contributed by atoms with Crippen LogP contribution in [-0.4, -0.2) is 53.8 Å². The van der Waals surface area contributed by atoms with Crippen molar-refractivity contribution < 1.29 is 19.4 Å². The van der Waals surface area contributed by atoms with E-state index in [0.717, 1.165) is 18.4 Å². The highest BCUT2D eigenvalue weighted by Crippen LogP contribution is 2.20. The lowest BCUT2D eigenvalue weighted by Gasteiger charge is -2.38. The molecule has 1 heterocycles. The molecule has 0 aliphatic carbocycles. The maximum atomic E-state index is 12.7. The fourth-order valence-corrected chi connectivity index (χ4v) is 3.32. The third-order valence-corrected chi connectivity index (χ3v) is 4.78. The number of amides is 2. The Morgan fingerprint density at radius 1 is 1.36 bits per heavy atom. The van der Waals surface area contributed by atoms with Crippen LogP contribution < -0.4 is 5.32 Å². The lowest BCUT2D eigenvalue weighted by atomic mass is 10.00. The normalized spacial score (nSPS) is 21.6. The van der Waals surface area contributed by atoms with Crippen molar-refractivity contribution in [3.05, 3.63) is 35.9 Å². The first-order valence-corrected chi connectivity index (χ1v) is 8.85. The van der Waals surface area contributed by atoms with Crippen LogP contribution in [0.3, 0.4) is 0 Å². The standard InChI is InChI=1S/C19H28N2O4/c1-14-12-17(25-2)10-11-21(14)19(24)20-16(8-9-18(22)23)13-15-6-4-3-5-7-15/h3-7,14,16-17H,8-13H2,1-2H3,(H,20,24)(H,22,23). The number of urea groups is 1. The Bertz CT molecular complexity index is 564. The van der Waals surface area contributed by atoms with E-state index in [1.807, 2.05) is 42.2 Å². The number of rotatable bonds is 7. The minimum absolute atomic E-state index is 0.0408. The van der Waals surface area contributed by atoms with Crippen molar-refractivity contribution in [2.75, 3.05) is 13.7 Å². The van der Waals surface area contributed by atoms with Crippen molar-refractivity contribution in [1.82, 2.24) is 10.2 Å². The molecular formula is C19H28N2O4. The van der Waals surface area contributed by atoms with E-state index < -0.39 is 5.97 Å². The van der Waals surface area contributed by atoms with Crippen LogP contribution in [0.5, 0.6) is 0 Å². The van der Waals surface area contributed by atoms with Gasteiger partial charge in [0.1, 0.15) is 0 Å². The third kappa shape index (κ3) is 6.05. The Labute approximate surface area is 149 Å². The van der Waals surface area contributed by atoms with Crippen molar-refractivity contribution in [1.29, 1.82) is 0 Å². The summed E-state index contributed by atoms with van der Waals surface area (Å²) < 4.78 is 5.39. The van der Waals surface area contributed by atoms with E-state index in [1.165, 1.54) is 0 Å². The molecule has 6 heteroatoms. The molecule has 0 bridgehead atoms. The van der Waals surface area contributed by atoms with Crippen molar-refractivity contribution in [3.63, 3.8) is 0 Å². The molecule has 1 aromatic rings. The Kier molecular flexibility index (Phi) is 7.25. The molecular weight excluding hydrogens is 320 g/mol. The summed E-state index contributed by atoms with van der Waals surface area (Å²) in [4.78, 5) is 25.4. The summed E-state index contributed by atoms with van der Waals surface area (Å²) in [5.41, 5.74) is 1.09. The highest BCUT2D eigenvalue weighted by Gasteiger charge is 2.29. The summed E-state index contributed by atoms with van der Waals surface area (Å²) in [5, 5.41) is 12.0. The first-order chi connectivity index (χ1) is 12.0. The topological polar surface area (TPSA) is 78.9 Å². The largest absolute Gasteiger partial charge is 0.481 e. The van der Waals surface area contributed by atoms with Crippen molar-refractivity contribution in [2.45, 2.75) is 57.2 Å². The molecule has 1 aliphatic heterocycles. The SMILES string of the molecule is COC1CCN(C(=O)NC(CCC(=O)O)Cc2ccccc2)C(C)C1. The Balaban J connectivity index is 1.97. The maximum absolute atomic E-state index is 12.7. The average Bonchev–Trinajstić information content (AvgIpc) is 2.60. The molecule has 2 N–H and O–H groups in total. The van der Waals surface area contributed by atoms with E-state index in [1.54, 1.807) is 7.11 Å². The smallest absolute Gasteiger partial charge is 0.317 e. The Hall–Kier alpha value is -2.08. The summed E-state index contributed by atoms with van der Waals surface area (Å²) in [6, 6.07) is 9.61. The van der Waals surface area contributed by atoms with Gasteiger partial charge in [-0.25, -0.2) is 4.79 Å². The summed E-state index contributed by atoms with van der Waals surface area (Å²) in [7, 11) is 1.70. The fourth-order valence-electron chi connectivity index (χ4n) is 3.32. The molecule has 6 nitrogen and oxygen atoms in total. The zero-order valence-corrected chi connectivity index (χ0v) is 15.0. The maximum Gasteiger partial charge on any atom is 0.317 e. The number of nitrogens with one attached hydrogen (secondary N) is 1. The van der Waals surface area contributed by atoms with Gasteiger partial charge < -0.3 is 20.1 Å². The molecule has 1 aromatic carbocycles. The predicted molar refractivity (Wildman–Crippen MR) is 95.5 cm³/mol. The summed E-state index contributed by atoms with van der Waals surface area (Å²) in [5.74, 6) is -0.846. The van der Waals surface area contributed by atoms with E-state index in [0.29, 0.717) is 19.4 Å². The number of aliphatic carboxylic acids is 1. The minimum atomic E-state index is -0.846. The van der Waals surface area contributed by atoms with Gasteiger partial charge in [-0.2, -0.15) is 0 Å². The molecule has 138 valence electrons. The van der Waals surface area contributed by atoms with Crippen LogP contribution in [-0.2, 0) is 16.0 Å². The van der Waals surface area contributed by atoms with Crippen LogP contribution in [0.1, 0.15) is 38.2 Å². The van der Waals surface area contributed by atoms with E-state index in [2.05, 4.69) is 5.32 Å². The monoisotopic (exact) mass is 348 g/mol. The number of carbonyl (C=O) groups is 2. The highest BCUT2D eigenvalue weighted by atomic mass is 16.5. The lowest BCUT2D eigenvalue weighted by Crippen LogP contribution is -2.53. The summed E-state index contributed by atoms with van der Waals surface area (Å²) in [6.45, 7) is 2.68. The first kappa shape index (κ1) is 19.2. The average molecular weight is 348 g/mol. The van der Waals surface area contributed by atoms with Gasteiger partial charge in [0.2, 0.25) is 0 Å². The molecule has 2 amide bonds. The van der Waals surface area contributed by atoms with Gasteiger partial charge in [0.25, 0.3) is 0 Å². The van der Waals surface area contributed by atoms with Crippen LogP contribution in [0.25, 0.3) is 0 Å². The number of benzene rings is 1. The summed E-state index contributed by atoms with van der Waals surface area (Å²) >= 11 is 0. The van der Waals surface area contributed by atoms with Crippen molar-refractivity contribution in [2.24, 2.45) is 0 Å². The number of hydrogen-bond donors (Lipinski definition) is 2. The first-order valence-electron chi connectivity index (χ1n) is 8.85. The molecule has 1 saturated heterocycles. The fraction of sp³-hybridized carbons (Fsp3) is 0.579. The minimum Gasteiger partial charge on any atom is -0.481 e. The zero-order chi connectivity index (χ0) is 18.2. The number of methoxy groups -OCH3 is 1. The number of carboxylic acid groups (broad SMARTS) is 1. The van der Waals surface area contributed by atoms with Gasteiger partial charge in [0, 0.05) is 32.2 Å². The molecule has 3 atom stereocenters. The third-order valence-electron chi connectivity index (χ3n) is 4.78. The van der Waals surface area contributed by atoms with Crippen LogP contribution >= 0.6 is 0 Å². The van der Waals surface area contributed by atoms with E-state index in [9.17, 15) is 9.59 Å².